The predicted octanol–water partition coefficient (Wildman–Crippen LogP) is 4.93. The summed E-state index contributed by atoms with van der Waals surface area (Å²) >= 11 is 12.2. The van der Waals surface area contributed by atoms with Crippen LogP contribution in [0.25, 0.3) is 22.4 Å². The maximum atomic E-state index is 6.13. The van der Waals surface area contributed by atoms with E-state index in [1.165, 1.54) is 12.8 Å². The van der Waals surface area contributed by atoms with Crippen molar-refractivity contribution >= 4 is 39.9 Å². The molecule has 2 aromatic carbocycles. The fourth-order valence-corrected chi connectivity index (χ4v) is 3.13. The number of hydrogen-bond acceptors (Lipinski definition) is 2. The Labute approximate surface area is 132 Å². The molecule has 21 heavy (non-hydrogen) atoms. The van der Waals surface area contributed by atoms with Gasteiger partial charge in [0.15, 0.2) is 0 Å². The van der Waals surface area contributed by atoms with Gasteiger partial charge in [-0.3, -0.25) is 0 Å². The lowest BCUT2D eigenvalue weighted by Crippen LogP contribution is -1.98. The van der Waals surface area contributed by atoms with Gasteiger partial charge < -0.3 is 10.3 Å². The summed E-state index contributed by atoms with van der Waals surface area (Å²) < 4.78 is 2.27. The molecule has 0 unspecified atom stereocenters. The minimum Gasteiger partial charge on any atom is -0.399 e. The summed E-state index contributed by atoms with van der Waals surface area (Å²) in [4.78, 5) is 4.75. The molecule has 0 atom stereocenters. The van der Waals surface area contributed by atoms with Crippen molar-refractivity contribution in [3.8, 4) is 11.4 Å². The smallest absolute Gasteiger partial charge is 0.141 e. The monoisotopic (exact) mass is 317 g/mol. The highest BCUT2D eigenvalue weighted by molar-refractivity contribution is 6.31. The summed E-state index contributed by atoms with van der Waals surface area (Å²) in [5, 5.41) is 1.32. The first kappa shape index (κ1) is 13.0. The first-order chi connectivity index (χ1) is 10.1. The Morgan fingerprint density at radius 3 is 2.57 bits per heavy atom. The molecule has 0 bridgehead atoms. The third kappa shape index (κ3) is 2.27. The average Bonchev–Trinajstić information content (AvgIpc) is 3.18. The Bertz CT molecular complexity index is 830. The van der Waals surface area contributed by atoms with E-state index >= 15 is 0 Å². The quantitative estimate of drug-likeness (QED) is 0.681. The molecular formula is C16H13Cl2N3. The molecule has 1 aliphatic carbocycles. The van der Waals surface area contributed by atoms with E-state index < -0.39 is 0 Å². The van der Waals surface area contributed by atoms with E-state index in [2.05, 4.69) is 4.57 Å². The van der Waals surface area contributed by atoms with Gasteiger partial charge >= 0.3 is 0 Å². The van der Waals surface area contributed by atoms with Gasteiger partial charge in [-0.15, -0.1) is 0 Å². The molecule has 0 amide bonds. The number of halogens is 2. The third-order valence-electron chi connectivity index (χ3n) is 3.74. The van der Waals surface area contributed by atoms with Gasteiger partial charge in [-0.25, -0.2) is 4.98 Å². The zero-order chi connectivity index (χ0) is 14.6. The van der Waals surface area contributed by atoms with Crippen LogP contribution in [0, 0.1) is 0 Å². The minimum absolute atomic E-state index is 0.506. The lowest BCUT2D eigenvalue weighted by Gasteiger charge is -2.08. The minimum atomic E-state index is 0.506. The molecule has 0 spiro atoms. The van der Waals surface area contributed by atoms with Gasteiger partial charge in [0.05, 0.1) is 11.0 Å². The molecule has 0 radical (unpaired) electrons. The highest BCUT2D eigenvalue weighted by Gasteiger charge is 2.28. The van der Waals surface area contributed by atoms with Crippen molar-refractivity contribution in [3.05, 3.63) is 46.4 Å². The number of fused-ring (bicyclic) bond motifs is 1. The van der Waals surface area contributed by atoms with Crippen LogP contribution < -0.4 is 5.73 Å². The van der Waals surface area contributed by atoms with Crippen LogP contribution in [-0.4, -0.2) is 9.55 Å². The maximum Gasteiger partial charge on any atom is 0.141 e. The summed E-state index contributed by atoms with van der Waals surface area (Å²) in [6.45, 7) is 0. The number of nitrogen functional groups attached to an aromatic ring is 1. The number of hydrogen-bond donors (Lipinski definition) is 1. The van der Waals surface area contributed by atoms with E-state index in [9.17, 15) is 0 Å². The van der Waals surface area contributed by atoms with E-state index in [4.69, 9.17) is 33.9 Å². The summed E-state index contributed by atoms with van der Waals surface area (Å²) in [6.07, 6.45) is 2.36. The Morgan fingerprint density at radius 2 is 1.86 bits per heavy atom. The molecule has 2 N–H and O–H groups in total. The van der Waals surface area contributed by atoms with Gasteiger partial charge in [0.25, 0.3) is 0 Å². The number of nitrogens with zero attached hydrogens (tertiary/aromatic N) is 2. The van der Waals surface area contributed by atoms with Crippen molar-refractivity contribution in [2.24, 2.45) is 0 Å². The summed E-state index contributed by atoms with van der Waals surface area (Å²) in [5.41, 5.74) is 9.51. The van der Waals surface area contributed by atoms with Gasteiger partial charge in [0.2, 0.25) is 0 Å². The van der Waals surface area contributed by atoms with Gasteiger partial charge in [0, 0.05) is 27.3 Å². The molecule has 3 aromatic rings. The van der Waals surface area contributed by atoms with Crippen molar-refractivity contribution < 1.29 is 0 Å². The van der Waals surface area contributed by atoms with Crippen molar-refractivity contribution in [3.63, 3.8) is 0 Å². The summed E-state index contributed by atoms with van der Waals surface area (Å²) in [5.74, 6) is 0.906. The highest BCUT2D eigenvalue weighted by Crippen LogP contribution is 2.42. The molecule has 0 aliphatic heterocycles. The number of rotatable bonds is 2. The average molecular weight is 318 g/mol. The number of benzene rings is 2. The summed E-state index contributed by atoms with van der Waals surface area (Å²) in [6, 6.07) is 11.9. The van der Waals surface area contributed by atoms with Crippen molar-refractivity contribution in [1.29, 1.82) is 0 Å². The lowest BCUT2D eigenvalue weighted by atomic mass is 10.2. The summed E-state index contributed by atoms with van der Waals surface area (Å²) in [7, 11) is 0. The van der Waals surface area contributed by atoms with Crippen molar-refractivity contribution in [2.45, 2.75) is 18.9 Å². The van der Waals surface area contributed by atoms with E-state index in [1.807, 2.05) is 30.3 Å². The maximum absolute atomic E-state index is 6.13. The van der Waals surface area contributed by atoms with Gasteiger partial charge in [-0.05, 0) is 49.2 Å². The largest absolute Gasteiger partial charge is 0.399 e. The van der Waals surface area contributed by atoms with E-state index in [1.54, 1.807) is 6.07 Å². The number of aromatic nitrogens is 2. The molecule has 5 heteroatoms. The van der Waals surface area contributed by atoms with Gasteiger partial charge in [-0.1, -0.05) is 23.2 Å². The van der Waals surface area contributed by atoms with E-state index in [-0.39, 0.29) is 0 Å². The van der Waals surface area contributed by atoms with Crippen LogP contribution in [0.3, 0.4) is 0 Å². The molecule has 1 fully saturated rings. The van der Waals surface area contributed by atoms with Crippen LogP contribution >= 0.6 is 23.2 Å². The first-order valence-electron chi connectivity index (χ1n) is 6.86. The second-order valence-electron chi connectivity index (χ2n) is 5.44. The molecule has 106 valence electrons. The predicted molar refractivity (Wildman–Crippen MR) is 87.9 cm³/mol. The Balaban J connectivity index is 2.00. The molecule has 4 rings (SSSR count). The van der Waals surface area contributed by atoms with Gasteiger partial charge in [-0.2, -0.15) is 0 Å². The molecule has 3 nitrogen and oxygen atoms in total. The molecule has 1 aromatic heterocycles. The van der Waals surface area contributed by atoms with Crippen LogP contribution in [0.15, 0.2) is 36.4 Å². The molecule has 1 aliphatic rings. The van der Waals surface area contributed by atoms with Crippen molar-refractivity contribution in [1.82, 2.24) is 9.55 Å². The Kier molecular flexibility index (Phi) is 2.88. The normalized spacial score (nSPS) is 14.8. The van der Waals surface area contributed by atoms with Crippen molar-refractivity contribution in [2.75, 3.05) is 5.73 Å². The standard InChI is InChI=1S/C16H13Cl2N3/c17-10-1-4-15-14(8-10)20-16(21(15)13-2-3-13)9-5-11(18)7-12(19)6-9/h1,4-8,13H,2-3,19H2. The second-order valence-corrected chi connectivity index (χ2v) is 6.32. The third-order valence-corrected chi connectivity index (χ3v) is 4.20. The second kappa shape index (κ2) is 4.65. The molecule has 1 heterocycles. The first-order valence-corrected chi connectivity index (χ1v) is 7.61. The van der Waals surface area contributed by atoms with Gasteiger partial charge in [0.1, 0.15) is 5.82 Å². The molecule has 0 saturated heterocycles. The Hall–Kier alpha value is -1.71. The van der Waals surface area contributed by atoms with Crippen LogP contribution in [0.4, 0.5) is 5.69 Å². The number of imidazole rings is 1. The van der Waals surface area contributed by atoms with Crippen LogP contribution in [0.5, 0.6) is 0 Å². The Morgan fingerprint density at radius 1 is 1.05 bits per heavy atom. The van der Waals surface area contributed by atoms with E-state index in [0.29, 0.717) is 21.8 Å². The zero-order valence-electron chi connectivity index (χ0n) is 11.2. The highest BCUT2D eigenvalue weighted by atomic mass is 35.5. The van der Waals surface area contributed by atoms with E-state index in [0.717, 1.165) is 22.4 Å². The van der Waals surface area contributed by atoms with Crippen LogP contribution in [0.2, 0.25) is 10.0 Å². The lowest BCUT2D eigenvalue weighted by molar-refractivity contribution is 0.775. The van der Waals surface area contributed by atoms with Crippen LogP contribution in [0.1, 0.15) is 18.9 Å². The number of nitrogens with two attached hydrogens (primary N) is 1. The number of anilines is 1. The fourth-order valence-electron chi connectivity index (χ4n) is 2.72. The SMILES string of the molecule is Nc1cc(Cl)cc(-c2nc3cc(Cl)ccc3n2C2CC2)c1. The van der Waals surface area contributed by atoms with Crippen LogP contribution in [-0.2, 0) is 0 Å². The molecule has 1 saturated carbocycles. The molecular weight excluding hydrogens is 305 g/mol. The zero-order valence-corrected chi connectivity index (χ0v) is 12.7. The fraction of sp³-hybridized carbons (Fsp3) is 0.188. The topological polar surface area (TPSA) is 43.8 Å².